The van der Waals surface area contributed by atoms with Crippen LogP contribution in [-0.4, -0.2) is 13.4 Å². The van der Waals surface area contributed by atoms with Crippen molar-refractivity contribution < 1.29 is 8.42 Å². The van der Waals surface area contributed by atoms with Gasteiger partial charge in [-0.2, -0.15) is 0 Å². The van der Waals surface area contributed by atoms with E-state index in [4.69, 9.17) is 5.73 Å². The lowest BCUT2D eigenvalue weighted by atomic mass is 10.1. The van der Waals surface area contributed by atoms with Crippen molar-refractivity contribution in [3.63, 3.8) is 0 Å². The highest BCUT2D eigenvalue weighted by molar-refractivity contribution is 7.89. The van der Waals surface area contributed by atoms with E-state index in [9.17, 15) is 8.42 Å². The third-order valence-electron chi connectivity index (χ3n) is 3.30. The van der Waals surface area contributed by atoms with Gasteiger partial charge in [0.25, 0.3) is 0 Å². The molecule has 0 fully saturated rings. The molecule has 1 heterocycles. The van der Waals surface area contributed by atoms with Gasteiger partial charge < -0.3 is 5.73 Å². The number of nitrogens with one attached hydrogen (secondary N) is 1. The highest BCUT2D eigenvalue weighted by Gasteiger charge is 2.20. The van der Waals surface area contributed by atoms with Gasteiger partial charge >= 0.3 is 0 Å². The Bertz CT molecular complexity index is 747. The SMILES string of the molecule is Cc1cccnc1CNS(=O)(=O)c1c(C)cc(N)cc1C. The average Bonchev–Trinajstić information content (AvgIpc) is 2.36. The molecule has 112 valence electrons. The van der Waals surface area contributed by atoms with Crippen LogP contribution in [0.15, 0.2) is 35.4 Å². The fraction of sp³-hybridized carbons (Fsp3) is 0.267. The van der Waals surface area contributed by atoms with E-state index in [-0.39, 0.29) is 11.4 Å². The summed E-state index contributed by atoms with van der Waals surface area (Å²) in [5.74, 6) is 0. The summed E-state index contributed by atoms with van der Waals surface area (Å²) in [7, 11) is -3.60. The van der Waals surface area contributed by atoms with Crippen LogP contribution in [0, 0.1) is 20.8 Å². The zero-order valence-electron chi connectivity index (χ0n) is 12.3. The highest BCUT2D eigenvalue weighted by Crippen LogP contribution is 2.23. The van der Waals surface area contributed by atoms with E-state index in [2.05, 4.69) is 9.71 Å². The second kappa shape index (κ2) is 5.83. The Hall–Kier alpha value is -1.92. The number of nitrogens with two attached hydrogens (primary N) is 1. The van der Waals surface area contributed by atoms with Crippen LogP contribution in [0.3, 0.4) is 0 Å². The molecule has 0 saturated heterocycles. The molecule has 1 aromatic heterocycles. The predicted octanol–water partition coefficient (Wildman–Crippen LogP) is 2.07. The molecule has 2 rings (SSSR count). The second-order valence-electron chi connectivity index (χ2n) is 5.08. The van der Waals surface area contributed by atoms with E-state index in [0.29, 0.717) is 22.5 Å². The summed E-state index contributed by atoms with van der Waals surface area (Å²) in [6.45, 7) is 5.54. The van der Waals surface area contributed by atoms with Crippen molar-refractivity contribution in [2.75, 3.05) is 5.73 Å². The molecule has 0 saturated carbocycles. The third kappa shape index (κ3) is 3.40. The summed E-state index contributed by atoms with van der Waals surface area (Å²) in [5.41, 5.74) is 9.23. The fourth-order valence-electron chi connectivity index (χ4n) is 2.35. The van der Waals surface area contributed by atoms with E-state index in [1.807, 2.05) is 19.1 Å². The van der Waals surface area contributed by atoms with Crippen molar-refractivity contribution in [2.45, 2.75) is 32.2 Å². The lowest BCUT2D eigenvalue weighted by molar-refractivity contribution is 0.579. The number of benzene rings is 1. The number of nitrogen functional groups attached to an aromatic ring is 1. The number of nitrogens with zero attached hydrogens (tertiary/aromatic N) is 1. The summed E-state index contributed by atoms with van der Waals surface area (Å²) in [4.78, 5) is 4.47. The molecule has 0 bridgehead atoms. The summed E-state index contributed by atoms with van der Waals surface area (Å²) in [6.07, 6.45) is 1.65. The Morgan fingerprint density at radius 3 is 2.33 bits per heavy atom. The number of anilines is 1. The van der Waals surface area contributed by atoms with E-state index in [1.54, 1.807) is 32.2 Å². The maximum absolute atomic E-state index is 12.5. The van der Waals surface area contributed by atoms with Crippen LogP contribution in [0.4, 0.5) is 5.69 Å². The molecule has 0 aliphatic carbocycles. The molecule has 0 aliphatic rings. The average molecular weight is 305 g/mol. The van der Waals surface area contributed by atoms with Crippen LogP contribution in [0.5, 0.6) is 0 Å². The lowest BCUT2D eigenvalue weighted by Gasteiger charge is -2.13. The fourth-order valence-corrected chi connectivity index (χ4v) is 3.78. The normalized spacial score (nSPS) is 11.6. The molecule has 2 aromatic rings. The molecule has 21 heavy (non-hydrogen) atoms. The maximum Gasteiger partial charge on any atom is 0.241 e. The van der Waals surface area contributed by atoms with E-state index in [1.165, 1.54) is 0 Å². The van der Waals surface area contributed by atoms with Crippen molar-refractivity contribution in [2.24, 2.45) is 0 Å². The number of pyridine rings is 1. The number of aromatic nitrogens is 1. The van der Waals surface area contributed by atoms with Gasteiger partial charge in [0.15, 0.2) is 0 Å². The predicted molar refractivity (Wildman–Crippen MR) is 83.3 cm³/mol. The summed E-state index contributed by atoms with van der Waals surface area (Å²) in [6, 6.07) is 7.04. The van der Waals surface area contributed by atoms with Gasteiger partial charge in [-0.05, 0) is 55.7 Å². The van der Waals surface area contributed by atoms with Crippen LogP contribution in [0.1, 0.15) is 22.4 Å². The monoisotopic (exact) mass is 305 g/mol. The zero-order chi connectivity index (χ0) is 15.6. The molecule has 3 N–H and O–H groups in total. The first-order chi connectivity index (χ1) is 9.81. The van der Waals surface area contributed by atoms with Crippen molar-refractivity contribution in [1.82, 2.24) is 9.71 Å². The van der Waals surface area contributed by atoms with Crippen LogP contribution in [0.2, 0.25) is 0 Å². The Morgan fingerprint density at radius 1 is 1.14 bits per heavy atom. The van der Waals surface area contributed by atoms with Gasteiger partial charge in [-0.15, -0.1) is 0 Å². The minimum absolute atomic E-state index is 0.165. The van der Waals surface area contributed by atoms with Crippen LogP contribution in [-0.2, 0) is 16.6 Å². The van der Waals surface area contributed by atoms with Crippen molar-refractivity contribution in [3.05, 3.63) is 52.8 Å². The minimum atomic E-state index is -3.60. The van der Waals surface area contributed by atoms with Gasteiger partial charge in [0.2, 0.25) is 10.0 Å². The molecular formula is C15H19N3O2S. The van der Waals surface area contributed by atoms with Crippen molar-refractivity contribution in [3.8, 4) is 0 Å². The molecule has 0 amide bonds. The number of hydrogen-bond acceptors (Lipinski definition) is 4. The Labute approximate surface area is 125 Å². The van der Waals surface area contributed by atoms with Gasteiger partial charge in [-0.1, -0.05) is 6.07 Å². The van der Waals surface area contributed by atoms with Crippen LogP contribution < -0.4 is 10.5 Å². The van der Waals surface area contributed by atoms with E-state index in [0.717, 1.165) is 5.56 Å². The zero-order valence-corrected chi connectivity index (χ0v) is 13.2. The summed E-state index contributed by atoms with van der Waals surface area (Å²) < 4.78 is 27.6. The molecule has 0 atom stereocenters. The van der Waals surface area contributed by atoms with Crippen LogP contribution >= 0.6 is 0 Å². The first kappa shape index (κ1) is 15.5. The van der Waals surface area contributed by atoms with Gasteiger partial charge in [-0.25, -0.2) is 13.1 Å². The largest absolute Gasteiger partial charge is 0.399 e. The molecule has 1 aromatic carbocycles. The Morgan fingerprint density at radius 2 is 1.76 bits per heavy atom. The van der Waals surface area contributed by atoms with Crippen molar-refractivity contribution >= 4 is 15.7 Å². The number of rotatable bonds is 4. The number of sulfonamides is 1. The summed E-state index contributed by atoms with van der Waals surface area (Å²) in [5, 5.41) is 0. The molecule has 6 heteroatoms. The quantitative estimate of drug-likeness (QED) is 0.847. The van der Waals surface area contributed by atoms with Gasteiger partial charge in [-0.3, -0.25) is 4.98 Å². The second-order valence-corrected chi connectivity index (χ2v) is 6.78. The lowest BCUT2D eigenvalue weighted by Crippen LogP contribution is -2.25. The Kier molecular flexibility index (Phi) is 4.29. The molecular weight excluding hydrogens is 286 g/mol. The molecule has 0 aliphatic heterocycles. The molecule has 0 radical (unpaired) electrons. The Balaban J connectivity index is 2.30. The van der Waals surface area contributed by atoms with Crippen molar-refractivity contribution in [1.29, 1.82) is 0 Å². The summed E-state index contributed by atoms with van der Waals surface area (Å²) >= 11 is 0. The first-order valence-corrected chi connectivity index (χ1v) is 8.06. The minimum Gasteiger partial charge on any atom is -0.399 e. The number of aryl methyl sites for hydroxylation is 3. The first-order valence-electron chi connectivity index (χ1n) is 6.58. The standard InChI is InChI=1S/C15H19N3O2S/c1-10-5-4-6-17-14(10)9-18-21(19,20)15-11(2)7-13(16)8-12(15)3/h4-8,18H,9,16H2,1-3H3. The third-order valence-corrected chi connectivity index (χ3v) is 5.00. The van der Waals surface area contributed by atoms with Gasteiger partial charge in [0.05, 0.1) is 17.1 Å². The molecule has 5 nitrogen and oxygen atoms in total. The van der Waals surface area contributed by atoms with Gasteiger partial charge in [0, 0.05) is 11.9 Å². The van der Waals surface area contributed by atoms with Crippen LogP contribution in [0.25, 0.3) is 0 Å². The highest BCUT2D eigenvalue weighted by atomic mass is 32.2. The maximum atomic E-state index is 12.5. The van der Waals surface area contributed by atoms with E-state index >= 15 is 0 Å². The van der Waals surface area contributed by atoms with Gasteiger partial charge in [0.1, 0.15) is 0 Å². The molecule has 0 spiro atoms. The molecule has 0 unspecified atom stereocenters. The topological polar surface area (TPSA) is 85.1 Å². The van der Waals surface area contributed by atoms with E-state index < -0.39 is 10.0 Å². The smallest absolute Gasteiger partial charge is 0.241 e. The number of hydrogen-bond donors (Lipinski definition) is 2.